The Morgan fingerprint density at radius 3 is 2.54 bits per heavy atom. The number of halogens is 1. The molecule has 1 heterocycles. The predicted octanol–water partition coefficient (Wildman–Crippen LogP) is 5.81. The van der Waals surface area contributed by atoms with Crippen molar-refractivity contribution < 1.29 is 18.7 Å². The fraction of sp³-hybridized carbons (Fsp3) is 0.182. The van der Waals surface area contributed by atoms with E-state index in [0.29, 0.717) is 51.9 Å². The quantitative estimate of drug-likeness (QED) is 0.605. The van der Waals surface area contributed by atoms with Crippen LogP contribution in [-0.2, 0) is 6.42 Å². The maximum atomic E-state index is 12.8. The molecule has 1 N–H and O–H groups in total. The highest BCUT2D eigenvalue weighted by molar-refractivity contribution is 6.32. The van der Waals surface area contributed by atoms with Crippen LogP contribution in [0.2, 0.25) is 5.02 Å². The summed E-state index contributed by atoms with van der Waals surface area (Å²) in [7, 11) is 0. The Balaban J connectivity index is 1.61. The van der Waals surface area contributed by atoms with E-state index in [1.54, 1.807) is 43.3 Å². The number of aryl methyl sites for hydroxylation is 1. The monoisotopic (exact) mass is 395 g/mol. The number of furan rings is 1. The molecule has 0 fully saturated rings. The van der Waals surface area contributed by atoms with Crippen LogP contribution >= 0.6 is 11.6 Å². The van der Waals surface area contributed by atoms with Crippen molar-refractivity contribution in [1.29, 1.82) is 0 Å². The number of rotatable bonds is 4. The van der Waals surface area contributed by atoms with Crippen LogP contribution in [0.15, 0.2) is 52.9 Å². The van der Waals surface area contributed by atoms with Gasteiger partial charge in [-0.2, -0.15) is 0 Å². The van der Waals surface area contributed by atoms with Gasteiger partial charge in [-0.3, -0.25) is 9.59 Å². The average molecular weight is 396 g/mol. The Kier molecular flexibility index (Phi) is 4.92. The maximum absolute atomic E-state index is 12.8. The van der Waals surface area contributed by atoms with Gasteiger partial charge in [-0.25, -0.2) is 0 Å². The molecule has 0 aliphatic heterocycles. The van der Waals surface area contributed by atoms with Crippen molar-refractivity contribution in [3.05, 3.63) is 76.2 Å². The number of benzene rings is 2. The highest BCUT2D eigenvalue weighted by Gasteiger charge is 2.29. The third-order valence-corrected chi connectivity index (χ3v) is 5.02. The number of fused-ring (bicyclic) bond motifs is 1. The van der Waals surface area contributed by atoms with Crippen LogP contribution in [-0.4, -0.2) is 11.7 Å². The van der Waals surface area contributed by atoms with E-state index in [2.05, 4.69) is 5.32 Å². The van der Waals surface area contributed by atoms with Crippen molar-refractivity contribution in [3.8, 4) is 11.5 Å². The lowest BCUT2D eigenvalue weighted by atomic mass is 9.94. The number of carbonyl (C=O) groups is 2. The minimum absolute atomic E-state index is 0.0315. The fourth-order valence-electron chi connectivity index (χ4n) is 3.35. The van der Waals surface area contributed by atoms with Crippen LogP contribution in [0.1, 0.15) is 45.1 Å². The lowest BCUT2D eigenvalue weighted by Gasteiger charge is -2.12. The molecule has 0 radical (unpaired) electrons. The van der Waals surface area contributed by atoms with Gasteiger partial charge < -0.3 is 14.5 Å². The zero-order valence-corrected chi connectivity index (χ0v) is 16.0. The van der Waals surface area contributed by atoms with E-state index >= 15 is 0 Å². The first-order chi connectivity index (χ1) is 13.5. The van der Waals surface area contributed by atoms with Gasteiger partial charge in [-0.1, -0.05) is 35.9 Å². The van der Waals surface area contributed by atoms with Gasteiger partial charge in [-0.05, 0) is 37.6 Å². The van der Waals surface area contributed by atoms with Gasteiger partial charge in [0.05, 0.1) is 16.3 Å². The van der Waals surface area contributed by atoms with E-state index in [4.69, 9.17) is 20.8 Å². The molecule has 3 aromatic rings. The maximum Gasteiger partial charge on any atom is 0.291 e. The van der Waals surface area contributed by atoms with Gasteiger partial charge in [0.15, 0.2) is 17.3 Å². The van der Waals surface area contributed by atoms with Crippen molar-refractivity contribution in [2.75, 3.05) is 5.32 Å². The summed E-state index contributed by atoms with van der Waals surface area (Å²) in [6.45, 7) is 1.74. The molecule has 4 rings (SSSR count). The highest BCUT2D eigenvalue weighted by Crippen LogP contribution is 2.34. The number of ketones is 1. The molecular formula is C22H18ClNO4. The number of anilines is 1. The van der Waals surface area contributed by atoms with Gasteiger partial charge in [0.25, 0.3) is 5.91 Å². The average Bonchev–Trinajstić information content (AvgIpc) is 3.03. The van der Waals surface area contributed by atoms with Crippen LogP contribution < -0.4 is 10.1 Å². The molecule has 28 heavy (non-hydrogen) atoms. The van der Waals surface area contributed by atoms with Crippen molar-refractivity contribution in [1.82, 2.24) is 0 Å². The second-order valence-corrected chi connectivity index (χ2v) is 7.02. The Labute approximate surface area is 167 Å². The molecule has 1 aromatic heterocycles. The van der Waals surface area contributed by atoms with Crippen LogP contribution in [0.25, 0.3) is 0 Å². The molecule has 1 aliphatic carbocycles. The van der Waals surface area contributed by atoms with E-state index < -0.39 is 5.91 Å². The van der Waals surface area contributed by atoms with E-state index in [9.17, 15) is 9.59 Å². The fourth-order valence-corrected chi connectivity index (χ4v) is 3.52. The van der Waals surface area contributed by atoms with E-state index in [1.807, 2.05) is 12.1 Å². The summed E-state index contributed by atoms with van der Waals surface area (Å²) in [5.74, 6) is 1.31. The van der Waals surface area contributed by atoms with Crippen LogP contribution in [0.5, 0.6) is 11.5 Å². The van der Waals surface area contributed by atoms with E-state index in [-0.39, 0.29) is 11.5 Å². The molecule has 1 amide bonds. The number of hydrogen-bond donors (Lipinski definition) is 1. The normalized spacial score (nSPS) is 13.1. The van der Waals surface area contributed by atoms with Crippen LogP contribution in [0.3, 0.4) is 0 Å². The first-order valence-corrected chi connectivity index (χ1v) is 9.40. The van der Waals surface area contributed by atoms with Crippen molar-refractivity contribution >= 4 is 29.0 Å². The number of Topliss-reactive ketones (excluding diaryl/α,β-unsaturated/α-hetero) is 1. The third kappa shape index (κ3) is 3.41. The molecule has 0 saturated carbocycles. The minimum atomic E-state index is -0.421. The SMILES string of the molecule is Cc1c(C(=O)Nc2ccccc2Oc2ccccc2Cl)oc2c1C(=O)CCC2. The topological polar surface area (TPSA) is 68.5 Å². The molecule has 2 aromatic carbocycles. The summed E-state index contributed by atoms with van der Waals surface area (Å²) < 4.78 is 11.6. The molecule has 0 saturated heterocycles. The Bertz CT molecular complexity index is 1070. The molecule has 6 heteroatoms. The first kappa shape index (κ1) is 18.3. The van der Waals surface area contributed by atoms with Gasteiger partial charge in [-0.15, -0.1) is 0 Å². The summed E-state index contributed by atoms with van der Waals surface area (Å²) in [6, 6.07) is 14.2. The molecule has 0 bridgehead atoms. The molecule has 5 nitrogen and oxygen atoms in total. The number of hydrogen-bond acceptors (Lipinski definition) is 4. The molecule has 0 spiro atoms. The largest absolute Gasteiger partial charge is 0.455 e. The van der Waals surface area contributed by atoms with Gasteiger partial charge in [0.1, 0.15) is 11.5 Å². The standard InChI is InChI=1S/C22H18ClNO4/c1-13-20-16(25)9-6-12-19(20)28-21(13)22(26)24-15-8-3-5-11-18(15)27-17-10-4-2-7-14(17)23/h2-5,7-8,10-11H,6,9,12H2,1H3,(H,24,26). The highest BCUT2D eigenvalue weighted by atomic mass is 35.5. The number of nitrogens with one attached hydrogen (secondary N) is 1. The molecule has 0 atom stereocenters. The summed E-state index contributed by atoms with van der Waals surface area (Å²) in [4.78, 5) is 25.0. The second kappa shape index (κ2) is 7.52. The Morgan fingerprint density at radius 1 is 1.07 bits per heavy atom. The molecule has 1 aliphatic rings. The van der Waals surface area contributed by atoms with Gasteiger partial charge in [0.2, 0.25) is 0 Å². The first-order valence-electron chi connectivity index (χ1n) is 9.03. The lowest BCUT2D eigenvalue weighted by Crippen LogP contribution is -2.13. The summed E-state index contributed by atoms with van der Waals surface area (Å²) >= 11 is 6.16. The van der Waals surface area contributed by atoms with Crippen molar-refractivity contribution in [3.63, 3.8) is 0 Å². The summed E-state index contributed by atoms with van der Waals surface area (Å²) in [5, 5.41) is 3.29. The summed E-state index contributed by atoms with van der Waals surface area (Å²) in [5.41, 5.74) is 1.62. The smallest absolute Gasteiger partial charge is 0.291 e. The van der Waals surface area contributed by atoms with Gasteiger partial charge >= 0.3 is 0 Å². The zero-order chi connectivity index (χ0) is 19.7. The molecule has 0 unspecified atom stereocenters. The van der Waals surface area contributed by atoms with Crippen molar-refractivity contribution in [2.45, 2.75) is 26.2 Å². The Hall–Kier alpha value is -3.05. The number of carbonyl (C=O) groups excluding carboxylic acids is 2. The lowest BCUT2D eigenvalue weighted by molar-refractivity contribution is 0.0963. The zero-order valence-electron chi connectivity index (χ0n) is 15.3. The Morgan fingerprint density at radius 2 is 1.79 bits per heavy atom. The molecular weight excluding hydrogens is 378 g/mol. The number of amides is 1. The number of ether oxygens (including phenoxy) is 1. The third-order valence-electron chi connectivity index (χ3n) is 4.70. The van der Waals surface area contributed by atoms with E-state index in [0.717, 1.165) is 6.42 Å². The molecule has 142 valence electrons. The number of para-hydroxylation sites is 3. The second-order valence-electron chi connectivity index (χ2n) is 6.61. The van der Waals surface area contributed by atoms with Crippen molar-refractivity contribution in [2.24, 2.45) is 0 Å². The van der Waals surface area contributed by atoms with Gasteiger partial charge in [0, 0.05) is 18.4 Å². The van der Waals surface area contributed by atoms with Crippen LogP contribution in [0, 0.1) is 6.92 Å². The minimum Gasteiger partial charge on any atom is -0.455 e. The summed E-state index contributed by atoms with van der Waals surface area (Å²) in [6.07, 6.45) is 1.90. The van der Waals surface area contributed by atoms with Crippen LogP contribution in [0.4, 0.5) is 5.69 Å². The predicted molar refractivity (Wildman–Crippen MR) is 107 cm³/mol. The van der Waals surface area contributed by atoms with E-state index in [1.165, 1.54) is 0 Å².